The van der Waals surface area contributed by atoms with Gasteiger partial charge in [-0.3, -0.25) is 4.79 Å². The van der Waals surface area contributed by atoms with Gasteiger partial charge >= 0.3 is 6.18 Å². The van der Waals surface area contributed by atoms with E-state index < -0.39 is 22.9 Å². The van der Waals surface area contributed by atoms with Crippen molar-refractivity contribution in [2.45, 2.75) is 42.9 Å². The van der Waals surface area contributed by atoms with Crippen LogP contribution < -0.4 is 5.73 Å². The molecule has 1 atom stereocenters. The Hall–Kier alpha value is -2.99. The third kappa shape index (κ3) is 4.60. The topological polar surface area (TPSA) is 84.7 Å². The number of primary amides is 1. The monoisotopic (exact) mass is 432 g/mol. The van der Waals surface area contributed by atoms with Crippen molar-refractivity contribution in [1.82, 2.24) is 9.55 Å². The molecule has 9 heteroatoms. The number of imidazole rings is 1. The maximum absolute atomic E-state index is 13.1. The average Bonchev–Trinajstić information content (AvgIpc) is 3.06. The molecule has 3 rings (SSSR count). The standard InChI is InChI=1S/C21H19F3N4OS/c1-2-3-10-28-17-9-8-15(21(22,23)24)11-16(17)27-20(28)30-18(19(26)29)14-6-4-13(12-25)5-7-14/h4-9,11,18H,2-3,10H2,1H3,(H2,26,29). The van der Waals surface area contributed by atoms with E-state index in [-0.39, 0.29) is 5.52 Å². The summed E-state index contributed by atoms with van der Waals surface area (Å²) >= 11 is 1.09. The van der Waals surface area contributed by atoms with E-state index in [2.05, 4.69) is 4.98 Å². The number of unbranched alkanes of at least 4 members (excludes halogenated alkanes) is 1. The van der Waals surface area contributed by atoms with Gasteiger partial charge in [0, 0.05) is 6.54 Å². The summed E-state index contributed by atoms with van der Waals surface area (Å²) in [6.45, 7) is 2.57. The second kappa shape index (κ2) is 8.79. The first-order valence-corrected chi connectivity index (χ1v) is 10.2. The molecule has 0 saturated carbocycles. The number of hydrogen-bond donors (Lipinski definition) is 1. The van der Waals surface area contributed by atoms with Gasteiger partial charge in [-0.05, 0) is 42.3 Å². The first-order valence-electron chi connectivity index (χ1n) is 9.28. The van der Waals surface area contributed by atoms with Crippen molar-refractivity contribution < 1.29 is 18.0 Å². The number of fused-ring (bicyclic) bond motifs is 1. The summed E-state index contributed by atoms with van der Waals surface area (Å²) in [7, 11) is 0. The molecule has 3 aromatic rings. The Morgan fingerprint density at radius 2 is 1.97 bits per heavy atom. The van der Waals surface area contributed by atoms with E-state index in [0.29, 0.717) is 28.3 Å². The molecule has 1 unspecified atom stereocenters. The quantitative estimate of drug-likeness (QED) is 0.530. The molecule has 2 aromatic carbocycles. The summed E-state index contributed by atoms with van der Waals surface area (Å²) < 4.78 is 41.1. The lowest BCUT2D eigenvalue weighted by molar-refractivity contribution is -0.137. The zero-order valence-corrected chi connectivity index (χ0v) is 16.9. The second-order valence-corrected chi connectivity index (χ2v) is 7.81. The fourth-order valence-corrected chi connectivity index (χ4v) is 4.12. The van der Waals surface area contributed by atoms with Gasteiger partial charge in [-0.1, -0.05) is 37.2 Å². The number of nitrogens with zero attached hydrogens (tertiary/aromatic N) is 3. The van der Waals surface area contributed by atoms with Crippen LogP contribution in [0.1, 0.15) is 41.7 Å². The second-order valence-electron chi connectivity index (χ2n) is 6.73. The highest BCUT2D eigenvalue weighted by Crippen LogP contribution is 2.38. The molecule has 0 spiro atoms. The summed E-state index contributed by atoms with van der Waals surface area (Å²) in [6.07, 6.45) is -2.77. The Morgan fingerprint density at radius 1 is 1.27 bits per heavy atom. The molecule has 5 nitrogen and oxygen atoms in total. The number of carbonyl (C=O) groups is 1. The van der Waals surface area contributed by atoms with Crippen LogP contribution in [-0.4, -0.2) is 15.5 Å². The van der Waals surface area contributed by atoms with Crippen molar-refractivity contribution in [1.29, 1.82) is 5.26 Å². The predicted octanol–water partition coefficient (Wildman–Crippen LogP) is 5.05. The van der Waals surface area contributed by atoms with Crippen molar-refractivity contribution in [2.75, 3.05) is 0 Å². The number of benzene rings is 2. The van der Waals surface area contributed by atoms with E-state index in [9.17, 15) is 18.0 Å². The van der Waals surface area contributed by atoms with Crippen LogP contribution in [0.3, 0.4) is 0 Å². The number of alkyl halides is 3. The van der Waals surface area contributed by atoms with Crippen LogP contribution in [0, 0.1) is 11.3 Å². The molecule has 30 heavy (non-hydrogen) atoms. The molecule has 2 N–H and O–H groups in total. The van der Waals surface area contributed by atoms with Crippen LogP contribution in [-0.2, 0) is 17.5 Å². The normalized spacial score (nSPS) is 12.6. The van der Waals surface area contributed by atoms with Gasteiger partial charge in [-0.15, -0.1) is 0 Å². The highest BCUT2D eigenvalue weighted by molar-refractivity contribution is 8.00. The van der Waals surface area contributed by atoms with Gasteiger partial charge in [0.25, 0.3) is 0 Å². The zero-order valence-electron chi connectivity index (χ0n) is 16.1. The minimum atomic E-state index is -4.47. The molecular weight excluding hydrogens is 413 g/mol. The van der Waals surface area contributed by atoms with Gasteiger partial charge in [-0.25, -0.2) is 4.98 Å². The van der Waals surface area contributed by atoms with E-state index in [1.54, 1.807) is 24.3 Å². The Labute approximate surface area is 175 Å². The number of nitrogens with two attached hydrogens (primary N) is 1. The molecule has 0 radical (unpaired) electrons. The molecule has 0 fully saturated rings. The number of aromatic nitrogens is 2. The maximum atomic E-state index is 13.1. The van der Waals surface area contributed by atoms with Crippen LogP contribution in [0.15, 0.2) is 47.6 Å². The summed E-state index contributed by atoms with van der Waals surface area (Å²) in [6, 6.07) is 11.9. The number of amides is 1. The predicted molar refractivity (Wildman–Crippen MR) is 109 cm³/mol. The molecule has 0 saturated heterocycles. The van der Waals surface area contributed by atoms with E-state index in [4.69, 9.17) is 11.0 Å². The number of carbonyl (C=O) groups excluding carboxylic acids is 1. The molecule has 1 heterocycles. The van der Waals surface area contributed by atoms with Gasteiger partial charge < -0.3 is 10.3 Å². The molecule has 0 aliphatic carbocycles. The molecule has 1 amide bonds. The zero-order chi connectivity index (χ0) is 21.9. The molecule has 0 bridgehead atoms. The van der Waals surface area contributed by atoms with E-state index in [1.165, 1.54) is 6.07 Å². The van der Waals surface area contributed by atoms with Crippen molar-refractivity contribution >= 4 is 28.7 Å². The van der Waals surface area contributed by atoms with Crippen LogP contribution >= 0.6 is 11.8 Å². The minimum absolute atomic E-state index is 0.214. The van der Waals surface area contributed by atoms with Crippen LogP contribution in [0.5, 0.6) is 0 Å². The molecule has 0 aliphatic rings. The average molecular weight is 432 g/mol. The number of rotatable bonds is 7. The summed E-state index contributed by atoms with van der Waals surface area (Å²) in [5, 5.41) is 8.58. The first-order chi connectivity index (χ1) is 14.2. The van der Waals surface area contributed by atoms with Crippen LogP contribution in [0.25, 0.3) is 11.0 Å². The van der Waals surface area contributed by atoms with Gasteiger partial charge in [-0.2, -0.15) is 18.4 Å². The van der Waals surface area contributed by atoms with E-state index in [1.807, 2.05) is 17.6 Å². The Kier molecular flexibility index (Phi) is 6.37. The number of hydrogen-bond acceptors (Lipinski definition) is 4. The Morgan fingerprint density at radius 3 is 2.53 bits per heavy atom. The number of nitriles is 1. The molecular formula is C21H19F3N4OS. The molecule has 1 aromatic heterocycles. The lowest BCUT2D eigenvalue weighted by Crippen LogP contribution is -2.19. The van der Waals surface area contributed by atoms with Gasteiger partial charge in [0.1, 0.15) is 5.25 Å². The largest absolute Gasteiger partial charge is 0.416 e. The summed E-state index contributed by atoms with van der Waals surface area (Å²) in [5.41, 5.74) is 6.66. The Bertz CT molecular complexity index is 1100. The fourth-order valence-electron chi connectivity index (χ4n) is 3.03. The smallest absolute Gasteiger partial charge is 0.368 e. The fraction of sp³-hybridized carbons (Fsp3) is 0.286. The highest BCUT2D eigenvalue weighted by atomic mass is 32.2. The van der Waals surface area contributed by atoms with Gasteiger partial charge in [0.05, 0.1) is 28.2 Å². The van der Waals surface area contributed by atoms with Crippen molar-refractivity contribution in [3.8, 4) is 6.07 Å². The maximum Gasteiger partial charge on any atom is 0.416 e. The molecule has 156 valence electrons. The lowest BCUT2D eigenvalue weighted by Gasteiger charge is -2.15. The summed E-state index contributed by atoms with van der Waals surface area (Å²) in [5.74, 6) is -0.602. The van der Waals surface area contributed by atoms with E-state index >= 15 is 0 Å². The molecule has 0 aliphatic heterocycles. The summed E-state index contributed by atoms with van der Waals surface area (Å²) in [4.78, 5) is 16.5. The van der Waals surface area contributed by atoms with Crippen molar-refractivity contribution in [3.05, 3.63) is 59.2 Å². The Balaban J connectivity index is 2.04. The highest BCUT2D eigenvalue weighted by Gasteiger charge is 2.31. The third-order valence-corrected chi connectivity index (χ3v) is 5.86. The number of aryl methyl sites for hydroxylation is 1. The van der Waals surface area contributed by atoms with Crippen LogP contribution in [0.4, 0.5) is 13.2 Å². The first kappa shape index (κ1) is 21.7. The third-order valence-electron chi connectivity index (χ3n) is 4.60. The van der Waals surface area contributed by atoms with Crippen molar-refractivity contribution in [3.63, 3.8) is 0 Å². The van der Waals surface area contributed by atoms with Crippen LogP contribution in [0.2, 0.25) is 0 Å². The van der Waals surface area contributed by atoms with E-state index in [0.717, 1.165) is 36.7 Å². The van der Waals surface area contributed by atoms with Gasteiger partial charge in [0.2, 0.25) is 5.91 Å². The minimum Gasteiger partial charge on any atom is -0.368 e. The number of thioether (sulfide) groups is 1. The lowest BCUT2D eigenvalue weighted by atomic mass is 10.1. The SMILES string of the molecule is CCCCn1c(SC(C(N)=O)c2ccc(C#N)cc2)nc2cc(C(F)(F)F)ccc21. The van der Waals surface area contributed by atoms with Crippen molar-refractivity contribution in [2.24, 2.45) is 5.73 Å². The van der Waals surface area contributed by atoms with Gasteiger partial charge in [0.15, 0.2) is 5.16 Å². The number of halogens is 3.